The Morgan fingerprint density at radius 3 is 2.53 bits per heavy atom. The van der Waals surface area contributed by atoms with Crippen LogP contribution >= 0.6 is 0 Å². The summed E-state index contributed by atoms with van der Waals surface area (Å²) in [7, 11) is 0. The monoisotopic (exact) mass is 273 g/mol. The molecule has 1 rings (SSSR count). The molecule has 1 fully saturated rings. The Morgan fingerprint density at radius 2 is 1.95 bits per heavy atom. The van der Waals surface area contributed by atoms with E-state index in [0.29, 0.717) is 26.1 Å². The Balaban J connectivity index is 2.33. The fourth-order valence-corrected chi connectivity index (χ4v) is 2.60. The van der Waals surface area contributed by atoms with Crippen molar-refractivity contribution in [2.24, 2.45) is 17.6 Å². The fraction of sp³-hybridized carbons (Fsp3) is 0.929. The minimum atomic E-state index is -0.349. The molecule has 1 aliphatic heterocycles. The fourth-order valence-electron chi connectivity index (χ4n) is 2.60. The van der Waals surface area contributed by atoms with Crippen molar-refractivity contribution in [3.63, 3.8) is 0 Å². The summed E-state index contributed by atoms with van der Waals surface area (Å²) in [5.74, 6) is -0.0822. The molecule has 0 aromatic rings. The number of amides is 1. The molecule has 19 heavy (non-hydrogen) atoms. The van der Waals surface area contributed by atoms with Gasteiger partial charge in [-0.25, -0.2) is 0 Å². The lowest BCUT2D eigenvalue weighted by molar-refractivity contribution is -0.180. The van der Waals surface area contributed by atoms with Crippen LogP contribution in [0.5, 0.6) is 0 Å². The zero-order chi connectivity index (χ0) is 14.4. The van der Waals surface area contributed by atoms with Crippen LogP contribution in [-0.2, 0) is 14.3 Å². The molecular weight excluding hydrogens is 246 g/mol. The first-order chi connectivity index (χ1) is 8.97. The number of aliphatic hydroxyl groups is 1. The molecule has 0 saturated carbocycles. The highest BCUT2D eigenvalue weighted by atomic mass is 16.5. The molecule has 0 spiro atoms. The minimum Gasteiger partial charge on any atom is -0.392 e. The molecule has 1 amide bonds. The highest BCUT2D eigenvalue weighted by Crippen LogP contribution is 2.31. The number of ether oxygens (including phenoxy) is 2. The number of rotatable bonds is 7. The van der Waals surface area contributed by atoms with Crippen LogP contribution in [-0.4, -0.2) is 42.5 Å². The summed E-state index contributed by atoms with van der Waals surface area (Å²) in [6.45, 7) is 7.04. The van der Waals surface area contributed by atoms with Gasteiger partial charge in [-0.1, -0.05) is 20.8 Å². The topological polar surface area (TPSA) is 81.8 Å². The molecule has 0 aliphatic carbocycles. The average molecular weight is 273 g/mol. The number of primary amides is 1. The van der Waals surface area contributed by atoms with Gasteiger partial charge in [-0.05, 0) is 12.8 Å². The predicted molar refractivity (Wildman–Crippen MR) is 72.5 cm³/mol. The third kappa shape index (κ3) is 4.75. The van der Waals surface area contributed by atoms with Crippen LogP contribution in [0.4, 0.5) is 0 Å². The molecule has 5 heteroatoms. The van der Waals surface area contributed by atoms with Crippen molar-refractivity contribution in [1.82, 2.24) is 0 Å². The maximum absolute atomic E-state index is 10.6. The van der Waals surface area contributed by atoms with E-state index in [-0.39, 0.29) is 36.1 Å². The van der Waals surface area contributed by atoms with Gasteiger partial charge in [-0.3, -0.25) is 4.79 Å². The van der Waals surface area contributed by atoms with Gasteiger partial charge in [0.25, 0.3) is 0 Å². The highest BCUT2D eigenvalue weighted by molar-refractivity contribution is 5.73. The molecule has 3 N–H and O–H groups in total. The van der Waals surface area contributed by atoms with Crippen LogP contribution < -0.4 is 5.73 Å². The number of carbonyl (C=O) groups excluding carboxylic acids is 1. The van der Waals surface area contributed by atoms with Crippen molar-refractivity contribution in [2.45, 2.75) is 58.3 Å². The Hall–Kier alpha value is -0.650. The second-order valence-corrected chi connectivity index (χ2v) is 5.47. The van der Waals surface area contributed by atoms with Gasteiger partial charge in [0, 0.05) is 24.9 Å². The van der Waals surface area contributed by atoms with Gasteiger partial charge in [0.2, 0.25) is 5.91 Å². The summed E-state index contributed by atoms with van der Waals surface area (Å²) in [6, 6.07) is 0. The number of hydrogen-bond donors (Lipinski definition) is 2. The lowest BCUT2D eigenvalue weighted by atomic mass is 9.82. The summed E-state index contributed by atoms with van der Waals surface area (Å²) >= 11 is 0. The third-order valence-electron chi connectivity index (χ3n) is 4.00. The van der Waals surface area contributed by atoms with E-state index < -0.39 is 0 Å². The lowest BCUT2D eigenvalue weighted by Gasteiger charge is -2.42. The summed E-state index contributed by atoms with van der Waals surface area (Å²) in [6.07, 6.45) is 1.53. The van der Waals surface area contributed by atoms with Crippen molar-refractivity contribution in [1.29, 1.82) is 0 Å². The normalized spacial score (nSPS) is 35.3. The molecule has 1 aliphatic rings. The highest BCUT2D eigenvalue weighted by Gasteiger charge is 2.39. The van der Waals surface area contributed by atoms with Crippen LogP contribution in [0.25, 0.3) is 0 Å². The predicted octanol–water partition coefficient (Wildman–Crippen LogP) is 1.08. The lowest BCUT2D eigenvalue weighted by Crippen LogP contribution is -2.50. The first kappa shape index (κ1) is 16.4. The van der Waals surface area contributed by atoms with Crippen LogP contribution in [0.3, 0.4) is 0 Å². The van der Waals surface area contributed by atoms with E-state index in [2.05, 4.69) is 6.92 Å². The molecule has 5 nitrogen and oxygen atoms in total. The van der Waals surface area contributed by atoms with Gasteiger partial charge in [0.05, 0.1) is 24.9 Å². The molecule has 0 bridgehead atoms. The molecular formula is C14H27NO4. The van der Waals surface area contributed by atoms with Crippen LogP contribution in [0.15, 0.2) is 0 Å². The maximum Gasteiger partial charge on any atom is 0.217 e. The SMILES string of the molecule is CCC1OC(COCCCC(N)=O)C(C)C(O)C1C. The van der Waals surface area contributed by atoms with E-state index in [0.717, 1.165) is 6.42 Å². The number of aliphatic hydroxyl groups excluding tert-OH is 1. The summed E-state index contributed by atoms with van der Waals surface area (Å²) in [5, 5.41) is 10.2. The molecule has 0 radical (unpaired) electrons. The van der Waals surface area contributed by atoms with E-state index in [9.17, 15) is 9.90 Å². The molecule has 5 atom stereocenters. The zero-order valence-electron chi connectivity index (χ0n) is 12.2. The smallest absolute Gasteiger partial charge is 0.217 e. The van der Waals surface area contributed by atoms with Gasteiger partial charge < -0.3 is 20.3 Å². The minimum absolute atomic E-state index is 0.0638. The van der Waals surface area contributed by atoms with E-state index >= 15 is 0 Å². The van der Waals surface area contributed by atoms with Crippen molar-refractivity contribution in [3.8, 4) is 0 Å². The van der Waals surface area contributed by atoms with E-state index in [1.165, 1.54) is 0 Å². The average Bonchev–Trinajstić information content (AvgIpc) is 2.37. The second kappa shape index (κ2) is 7.82. The van der Waals surface area contributed by atoms with Gasteiger partial charge in [0.1, 0.15) is 0 Å². The molecule has 5 unspecified atom stereocenters. The van der Waals surface area contributed by atoms with Gasteiger partial charge in [0.15, 0.2) is 0 Å². The molecule has 1 saturated heterocycles. The number of carbonyl (C=O) groups is 1. The number of nitrogens with two attached hydrogens (primary N) is 1. The largest absolute Gasteiger partial charge is 0.392 e. The number of hydrogen-bond acceptors (Lipinski definition) is 4. The van der Waals surface area contributed by atoms with Gasteiger partial charge in [-0.2, -0.15) is 0 Å². The van der Waals surface area contributed by atoms with Crippen molar-refractivity contribution < 1.29 is 19.4 Å². The Morgan fingerprint density at radius 1 is 1.32 bits per heavy atom. The first-order valence-corrected chi connectivity index (χ1v) is 7.16. The van der Waals surface area contributed by atoms with Crippen LogP contribution in [0.1, 0.15) is 40.0 Å². The second-order valence-electron chi connectivity index (χ2n) is 5.47. The van der Waals surface area contributed by atoms with Crippen molar-refractivity contribution in [3.05, 3.63) is 0 Å². The van der Waals surface area contributed by atoms with E-state index in [4.69, 9.17) is 15.2 Å². The molecule has 0 aromatic carbocycles. The molecule has 0 aromatic heterocycles. The summed E-state index contributed by atoms with van der Waals surface area (Å²) < 4.78 is 11.5. The zero-order valence-corrected chi connectivity index (χ0v) is 12.2. The van der Waals surface area contributed by atoms with Gasteiger partial charge >= 0.3 is 0 Å². The van der Waals surface area contributed by atoms with Crippen molar-refractivity contribution >= 4 is 5.91 Å². The van der Waals surface area contributed by atoms with E-state index in [1.807, 2.05) is 13.8 Å². The Bertz CT molecular complexity index is 283. The van der Waals surface area contributed by atoms with Crippen LogP contribution in [0.2, 0.25) is 0 Å². The van der Waals surface area contributed by atoms with E-state index in [1.54, 1.807) is 0 Å². The maximum atomic E-state index is 10.6. The van der Waals surface area contributed by atoms with Crippen LogP contribution in [0, 0.1) is 11.8 Å². The Labute approximate surface area is 115 Å². The summed E-state index contributed by atoms with van der Waals surface area (Å²) in [5.41, 5.74) is 5.06. The third-order valence-corrected chi connectivity index (χ3v) is 4.00. The molecule has 1 heterocycles. The Kier molecular flexibility index (Phi) is 6.75. The summed E-state index contributed by atoms with van der Waals surface area (Å²) in [4.78, 5) is 10.6. The quantitative estimate of drug-likeness (QED) is 0.680. The first-order valence-electron chi connectivity index (χ1n) is 7.16. The van der Waals surface area contributed by atoms with Gasteiger partial charge in [-0.15, -0.1) is 0 Å². The van der Waals surface area contributed by atoms with Crippen molar-refractivity contribution in [2.75, 3.05) is 13.2 Å². The standard InChI is InChI=1S/C14H27NO4/c1-4-11-9(2)14(17)10(3)12(19-11)8-18-7-5-6-13(15)16/h9-12,14,17H,4-8H2,1-3H3,(H2,15,16). The molecule has 112 valence electrons.